The number of allylic oxidation sites excluding steroid dienone is 9. The zero-order chi connectivity index (χ0) is 24.6. The highest BCUT2D eigenvalue weighted by atomic mass is 16.5. The van der Waals surface area contributed by atoms with Gasteiger partial charge in [0.2, 0.25) is 0 Å². The molecule has 0 atom stereocenters. The van der Waals surface area contributed by atoms with Crippen LogP contribution in [0, 0.1) is 0 Å². The summed E-state index contributed by atoms with van der Waals surface area (Å²) in [5.74, 6) is 1.64. The molecule has 0 aliphatic rings. The van der Waals surface area contributed by atoms with E-state index in [9.17, 15) is 0 Å². The molecule has 0 bridgehead atoms. The average Bonchev–Trinajstić information content (AvgIpc) is 2.70. The molecule has 0 unspecified atom stereocenters. The molecule has 0 aliphatic carbocycles. The van der Waals surface area contributed by atoms with Gasteiger partial charge in [-0.15, -0.1) is 0 Å². The van der Waals surface area contributed by atoms with E-state index in [1.54, 1.807) is 6.08 Å². The van der Waals surface area contributed by atoms with Gasteiger partial charge in [0.15, 0.2) is 0 Å². The molecule has 0 aromatic heterocycles. The lowest BCUT2D eigenvalue weighted by atomic mass is 10.1. The first-order chi connectivity index (χ1) is 14.9. The van der Waals surface area contributed by atoms with Gasteiger partial charge in [0.05, 0.1) is 6.61 Å². The van der Waals surface area contributed by atoms with E-state index in [0.717, 1.165) is 43.0 Å². The maximum Gasteiger partial charge on any atom is 0.119 e. The molecule has 0 N–H and O–H groups in total. The van der Waals surface area contributed by atoms with Gasteiger partial charge in [-0.1, -0.05) is 37.5 Å². The third-order valence-corrected chi connectivity index (χ3v) is 4.18. The van der Waals surface area contributed by atoms with Crippen molar-refractivity contribution in [2.75, 3.05) is 13.2 Å². The Morgan fingerprint density at radius 3 is 1.81 bits per heavy atom. The smallest absolute Gasteiger partial charge is 0.119 e. The molecule has 0 spiro atoms. The normalized spacial score (nSPS) is 14.6. The van der Waals surface area contributed by atoms with Crippen LogP contribution in [-0.4, -0.2) is 24.4 Å². The van der Waals surface area contributed by atoms with Crippen LogP contribution >= 0.6 is 0 Å². The predicted molar refractivity (Wildman–Crippen MR) is 140 cm³/mol. The van der Waals surface area contributed by atoms with E-state index >= 15 is 0 Å². The molecule has 0 saturated carbocycles. The molecular formula is C29H46O3. The Bertz CT molecular complexity index is 716. The molecule has 0 radical (unpaired) electrons. The summed E-state index contributed by atoms with van der Waals surface area (Å²) in [5, 5.41) is 0. The molecule has 180 valence electrons. The van der Waals surface area contributed by atoms with Crippen molar-refractivity contribution in [1.29, 1.82) is 0 Å². The van der Waals surface area contributed by atoms with Crippen molar-refractivity contribution in [3.63, 3.8) is 0 Å². The van der Waals surface area contributed by atoms with Crippen LogP contribution in [0.1, 0.15) is 74.7 Å². The third kappa shape index (κ3) is 16.4. The molecule has 32 heavy (non-hydrogen) atoms. The minimum Gasteiger partial charge on any atom is -0.489 e. The molecule has 0 rings (SSSR count). The molecule has 0 fully saturated rings. The summed E-state index contributed by atoms with van der Waals surface area (Å²) >= 11 is 0. The van der Waals surface area contributed by atoms with E-state index < -0.39 is 0 Å². The largest absolute Gasteiger partial charge is 0.489 e. The molecule has 3 nitrogen and oxygen atoms in total. The zero-order valence-electron chi connectivity index (χ0n) is 21.8. The van der Waals surface area contributed by atoms with Gasteiger partial charge in [0, 0.05) is 6.61 Å². The Morgan fingerprint density at radius 2 is 1.31 bits per heavy atom. The zero-order valence-corrected chi connectivity index (χ0v) is 21.8. The van der Waals surface area contributed by atoms with Crippen LogP contribution in [-0.2, 0) is 14.2 Å². The van der Waals surface area contributed by atoms with Crippen LogP contribution in [0.15, 0.2) is 84.4 Å². The summed E-state index contributed by atoms with van der Waals surface area (Å²) in [6, 6.07) is 0. The fourth-order valence-corrected chi connectivity index (χ4v) is 2.67. The summed E-state index contributed by atoms with van der Waals surface area (Å²) in [6.45, 7) is 25.4. The van der Waals surface area contributed by atoms with Gasteiger partial charge in [-0.25, -0.2) is 0 Å². The maximum absolute atomic E-state index is 5.92. The van der Waals surface area contributed by atoms with Gasteiger partial charge in [0.1, 0.15) is 22.7 Å². The summed E-state index contributed by atoms with van der Waals surface area (Å²) < 4.78 is 17.6. The number of hydrogen-bond donors (Lipinski definition) is 0. The van der Waals surface area contributed by atoms with Crippen molar-refractivity contribution in [2.24, 2.45) is 0 Å². The second kappa shape index (κ2) is 15.5. The fourth-order valence-electron chi connectivity index (χ4n) is 2.67. The van der Waals surface area contributed by atoms with Gasteiger partial charge in [-0.05, 0) is 110 Å². The van der Waals surface area contributed by atoms with Gasteiger partial charge in [-0.2, -0.15) is 0 Å². The van der Waals surface area contributed by atoms with Crippen molar-refractivity contribution in [1.82, 2.24) is 0 Å². The second-order valence-corrected chi connectivity index (χ2v) is 9.50. The average molecular weight is 443 g/mol. The first kappa shape index (κ1) is 29.7. The van der Waals surface area contributed by atoms with Gasteiger partial charge in [-0.3, -0.25) is 0 Å². The Morgan fingerprint density at radius 1 is 0.688 bits per heavy atom. The monoisotopic (exact) mass is 442 g/mol. The minimum absolute atomic E-state index is 0.202. The van der Waals surface area contributed by atoms with E-state index in [4.69, 9.17) is 14.2 Å². The Hall–Kier alpha value is -2.26. The Kier molecular flexibility index (Phi) is 14.4. The summed E-state index contributed by atoms with van der Waals surface area (Å²) in [4.78, 5) is 0. The summed E-state index contributed by atoms with van der Waals surface area (Å²) in [5.41, 5.74) is 1.94. The molecule has 0 aromatic rings. The highest BCUT2D eigenvalue weighted by Crippen LogP contribution is 2.17. The van der Waals surface area contributed by atoms with Gasteiger partial charge in [0.25, 0.3) is 0 Å². The lowest BCUT2D eigenvalue weighted by Gasteiger charge is -2.21. The quantitative estimate of drug-likeness (QED) is 0.153. The van der Waals surface area contributed by atoms with Crippen LogP contribution in [0.3, 0.4) is 0 Å². The molecular weight excluding hydrogens is 396 g/mol. The highest BCUT2D eigenvalue weighted by Gasteiger charge is 2.12. The number of hydrogen-bond acceptors (Lipinski definition) is 3. The van der Waals surface area contributed by atoms with E-state index in [1.807, 2.05) is 58.1 Å². The SMILES string of the molecule is C=C/C(=C\C=C(/C=C)OC(C)(C)C)CCCOCCC(/C=C\C(=C/C)OC(C)(C)C)=C/C. The van der Waals surface area contributed by atoms with Crippen LogP contribution in [0.2, 0.25) is 0 Å². The Labute approximate surface area is 197 Å². The predicted octanol–water partition coefficient (Wildman–Crippen LogP) is 8.39. The van der Waals surface area contributed by atoms with Crippen LogP contribution < -0.4 is 0 Å². The molecule has 0 amide bonds. The maximum atomic E-state index is 5.92. The lowest BCUT2D eigenvalue weighted by molar-refractivity contribution is 0.0593. The van der Waals surface area contributed by atoms with Crippen molar-refractivity contribution >= 4 is 0 Å². The van der Waals surface area contributed by atoms with E-state index in [1.165, 1.54) is 5.57 Å². The molecule has 0 aliphatic heterocycles. The Balaban J connectivity index is 4.47. The lowest BCUT2D eigenvalue weighted by Crippen LogP contribution is -2.18. The molecule has 0 aromatic carbocycles. The van der Waals surface area contributed by atoms with Crippen molar-refractivity contribution in [3.05, 3.63) is 84.4 Å². The first-order valence-electron chi connectivity index (χ1n) is 11.5. The molecule has 3 heteroatoms. The first-order valence-corrected chi connectivity index (χ1v) is 11.5. The summed E-state index contributed by atoms with van der Waals surface area (Å²) in [7, 11) is 0. The summed E-state index contributed by atoms with van der Waals surface area (Å²) in [6.07, 6.45) is 18.6. The second-order valence-electron chi connectivity index (χ2n) is 9.50. The van der Waals surface area contributed by atoms with E-state index in [0.29, 0.717) is 6.61 Å². The van der Waals surface area contributed by atoms with Crippen LogP contribution in [0.25, 0.3) is 0 Å². The van der Waals surface area contributed by atoms with E-state index in [2.05, 4.69) is 53.0 Å². The number of rotatable bonds is 14. The molecule has 0 heterocycles. The highest BCUT2D eigenvalue weighted by molar-refractivity contribution is 5.26. The number of ether oxygens (including phenoxy) is 3. The van der Waals surface area contributed by atoms with Crippen molar-refractivity contribution in [2.45, 2.75) is 85.9 Å². The van der Waals surface area contributed by atoms with Crippen molar-refractivity contribution in [3.8, 4) is 0 Å². The van der Waals surface area contributed by atoms with Crippen LogP contribution in [0.5, 0.6) is 0 Å². The van der Waals surface area contributed by atoms with Gasteiger partial charge < -0.3 is 14.2 Å². The van der Waals surface area contributed by atoms with Crippen LogP contribution in [0.4, 0.5) is 0 Å². The topological polar surface area (TPSA) is 27.7 Å². The van der Waals surface area contributed by atoms with E-state index in [-0.39, 0.29) is 11.2 Å². The fraction of sp³-hybridized carbons (Fsp3) is 0.517. The van der Waals surface area contributed by atoms with Crippen molar-refractivity contribution < 1.29 is 14.2 Å². The van der Waals surface area contributed by atoms with Gasteiger partial charge >= 0.3 is 0 Å². The minimum atomic E-state index is -0.245. The molecule has 0 saturated heterocycles. The standard InChI is InChI=1S/C29H46O3/c1-11-24(17-19-26(13-3)31-28(5,6)7)16-15-22-30-23-21-25(12-2)18-20-27(14-4)32-29(8,9)10/h11-14,17-20H,1,3,15-16,21-23H2,2,4-10H3/b20-18-,24-17+,25-12+,26-19+,27-14+. The third-order valence-electron chi connectivity index (χ3n) is 4.18.